The minimum absolute atomic E-state index is 0.230. The van der Waals surface area contributed by atoms with Crippen LogP contribution in [0.1, 0.15) is 11.5 Å². The van der Waals surface area contributed by atoms with Crippen molar-refractivity contribution in [2.24, 2.45) is 0 Å². The maximum absolute atomic E-state index is 12.5. The molecule has 16 heavy (non-hydrogen) atoms. The smallest absolute Gasteiger partial charge is 0.403 e. The van der Waals surface area contributed by atoms with E-state index in [0.29, 0.717) is 0 Å². The van der Waals surface area contributed by atoms with E-state index in [1.54, 1.807) is 0 Å². The number of benzene rings is 1. The number of alkyl halides is 3. The quantitative estimate of drug-likeness (QED) is 0.773. The third kappa shape index (κ3) is 2.88. The van der Waals surface area contributed by atoms with Gasteiger partial charge >= 0.3 is 6.18 Å². The molecular formula is C10H8ClF3O2. The summed E-state index contributed by atoms with van der Waals surface area (Å²) in [5.41, 5.74) is -0.230. The Bertz CT molecular complexity index is 390. The Morgan fingerprint density at radius 3 is 2.50 bits per heavy atom. The van der Waals surface area contributed by atoms with Crippen molar-refractivity contribution in [2.75, 3.05) is 7.11 Å². The average Bonchev–Trinajstić information content (AvgIpc) is 2.15. The standard InChI is InChI=1S/C10H8ClF3O2/c1-16-7-4-2-3-6(5-7)8(9(11)15)10(12,13)14/h2-5,8H,1H3. The zero-order chi connectivity index (χ0) is 12.3. The van der Waals surface area contributed by atoms with E-state index in [1.165, 1.54) is 25.3 Å². The molecule has 1 aromatic rings. The van der Waals surface area contributed by atoms with Crippen molar-refractivity contribution in [1.29, 1.82) is 0 Å². The van der Waals surface area contributed by atoms with Crippen molar-refractivity contribution in [2.45, 2.75) is 12.1 Å². The molecule has 88 valence electrons. The first kappa shape index (κ1) is 12.8. The van der Waals surface area contributed by atoms with Crippen LogP contribution >= 0.6 is 11.6 Å². The van der Waals surface area contributed by atoms with Crippen LogP contribution in [0.3, 0.4) is 0 Å². The highest BCUT2D eigenvalue weighted by Crippen LogP contribution is 2.37. The number of methoxy groups -OCH3 is 1. The molecule has 1 rings (SSSR count). The summed E-state index contributed by atoms with van der Waals surface area (Å²) in [7, 11) is 1.32. The number of halogens is 4. The maximum atomic E-state index is 12.5. The molecule has 6 heteroatoms. The molecule has 0 amide bonds. The van der Waals surface area contributed by atoms with Crippen LogP contribution < -0.4 is 4.74 Å². The normalized spacial score (nSPS) is 13.3. The van der Waals surface area contributed by atoms with Crippen LogP contribution in [0.25, 0.3) is 0 Å². The Morgan fingerprint density at radius 2 is 2.06 bits per heavy atom. The van der Waals surface area contributed by atoms with Gasteiger partial charge in [0, 0.05) is 0 Å². The molecule has 1 aromatic carbocycles. The van der Waals surface area contributed by atoms with E-state index in [9.17, 15) is 18.0 Å². The molecule has 0 aliphatic carbocycles. The van der Waals surface area contributed by atoms with Crippen molar-refractivity contribution in [3.05, 3.63) is 29.8 Å². The summed E-state index contributed by atoms with van der Waals surface area (Å²) in [5.74, 6) is -2.08. The molecule has 0 aromatic heterocycles. The SMILES string of the molecule is COc1cccc(C(C(=O)Cl)C(F)(F)F)c1. The van der Waals surface area contributed by atoms with Gasteiger partial charge in [0.1, 0.15) is 5.75 Å². The lowest BCUT2D eigenvalue weighted by Gasteiger charge is -2.17. The molecule has 0 N–H and O–H groups in total. The monoisotopic (exact) mass is 252 g/mol. The zero-order valence-electron chi connectivity index (χ0n) is 8.22. The molecule has 0 radical (unpaired) electrons. The van der Waals surface area contributed by atoms with Crippen molar-refractivity contribution in [1.82, 2.24) is 0 Å². The fraction of sp³-hybridized carbons (Fsp3) is 0.300. The second-order valence-electron chi connectivity index (χ2n) is 3.06. The van der Waals surface area contributed by atoms with Gasteiger partial charge < -0.3 is 4.74 Å². The van der Waals surface area contributed by atoms with Gasteiger partial charge in [-0.05, 0) is 29.3 Å². The topological polar surface area (TPSA) is 26.3 Å². The van der Waals surface area contributed by atoms with Gasteiger partial charge in [0.2, 0.25) is 5.24 Å². The van der Waals surface area contributed by atoms with Gasteiger partial charge in [0.25, 0.3) is 0 Å². The van der Waals surface area contributed by atoms with Crippen LogP contribution in [-0.4, -0.2) is 18.5 Å². The summed E-state index contributed by atoms with van der Waals surface area (Å²) in [6, 6.07) is 5.17. The molecule has 2 nitrogen and oxygen atoms in total. The molecule has 1 unspecified atom stereocenters. The first-order chi connectivity index (χ1) is 7.36. The van der Waals surface area contributed by atoms with Gasteiger partial charge in [0.15, 0.2) is 5.92 Å². The predicted molar refractivity (Wildman–Crippen MR) is 52.7 cm³/mol. The largest absolute Gasteiger partial charge is 0.497 e. The second kappa shape index (κ2) is 4.74. The third-order valence-electron chi connectivity index (χ3n) is 1.98. The van der Waals surface area contributed by atoms with Gasteiger partial charge in [-0.15, -0.1) is 0 Å². The number of hydrogen-bond acceptors (Lipinski definition) is 2. The molecular weight excluding hydrogens is 245 g/mol. The first-order valence-corrected chi connectivity index (χ1v) is 4.64. The molecule has 0 bridgehead atoms. The molecule has 0 fully saturated rings. The lowest BCUT2D eigenvalue weighted by molar-refractivity contribution is -0.158. The van der Waals surface area contributed by atoms with Gasteiger partial charge in [-0.1, -0.05) is 12.1 Å². The number of rotatable bonds is 3. The summed E-state index contributed by atoms with van der Waals surface area (Å²) in [4.78, 5) is 10.8. The Balaban J connectivity index is 3.16. The Labute approximate surface area is 95.0 Å². The zero-order valence-corrected chi connectivity index (χ0v) is 8.97. The summed E-state index contributed by atoms with van der Waals surface area (Å²) in [5, 5.41) is -1.46. The third-order valence-corrected chi connectivity index (χ3v) is 2.20. The van der Waals surface area contributed by atoms with Crippen molar-refractivity contribution < 1.29 is 22.7 Å². The van der Waals surface area contributed by atoms with Gasteiger partial charge in [-0.3, -0.25) is 4.79 Å². The van der Waals surface area contributed by atoms with E-state index < -0.39 is 17.3 Å². The van der Waals surface area contributed by atoms with Gasteiger partial charge in [-0.25, -0.2) is 0 Å². The van der Waals surface area contributed by atoms with E-state index in [1.807, 2.05) is 0 Å². The number of hydrogen-bond donors (Lipinski definition) is 0. The Hall–Kier alpha value is -1.23. The minimum atomic E-state index is -4.70. The lowest BCUT2D eigenvalue weighted by atomic mass is 10.00. The molecule has 0 saturated heterocycles. The molecule has 0 aliphatic heterocycles. The van der Waals surface area contributed by atoms with Gasteiger partial charge in [-0.2, -0.15) is 13.2 Å². The van der Waals surface area contributed by atoms with E-state index in [-0.39, 0.29) is 11.3 Å². The van der Waals surface area contributed by atoms with Crippen LogP contribution in [-0.2, 0) is 4.79 Å². The summed E-state index contributed by atoms with van der Waals surface area (Å²) >= 11 is 4.96. The van der Waals surface area contributed by atoms with Crippen molar-refractivity contribution in [3.8, 4) is 5.75 Å². The van der Waals surface area contributed by atoms with E-state index in [2.05, 4.69) is 0 Å². The first-order valence-electron chi connectivity index (χ1n) is 4.26. The Morgan fingerprint density at radius 1 is 1.44 bits per heavy atom. The fourth-order valence-corrected chi connectivity index (χ4v) is 1.52. The highest BCUT2D eigenvalue weighted by molar-refractivity contribution is 6.64. The molecule has 1 atom stereocenters. The maximum Gasteiger partial charge on any atom is 0.403 e. The lowest BCUT2D eigenvalue weighted by Crippen LogP contribution is -2.25. The van der Waals surface area contributed by atoms with Crippen molar-refractivity contribution >= 4 is 16.8 Å². The van der Waals surface area contributed by atoms with E-state index in [0.717, 1.165) is 6.07 Å². The minimum Gasteiger partial charge on any atom is -0.497 e. The fourth-order valence-electron chi connectivity index (χ4n) is 1.27. The summed E-state index contributed by atoms with van der Waals surface area (Å²) < 4.78 is 42.4. The number of ether oxygens (including phenoxy) is 1. The van der Waals surface area contributed by atoms with Crippen LogP contribution in [0.4, 0.5) is 13.2 Å². The average molecular weight is 253 g/mol. The van der Waals surface area contributed by atoms with Crippen LogP contribution in [0.2, 0.25) is 0 Å². The van der Waals surface area contributed by atoms with Gasteiger partial charge in [0.05, 0.1) is 7.11 Å². The molecule has 0 spiro atoms. The Kier molecular flexibility index (Phi) is 3.80. The second-order valence-corrected chi connectivity index (χ2v) is 3.43. The predicted octanol–water partition coefficient (Wildman–Crippen LogP) is 3.11. The van der Waals surface area contributed by atoms with E-state index in [4.69, 9.17) is 16.3 Å². The number of carbonyl (C=O) groups excluding carboxylic acids is 1. The molecule has 0 aliphatic rings. The summed E-state index contributed by atoms with van der Waals surface area (Å²) in [6.07, 6.45) is -4.70. The van der Waals surface area contributed by atoms with E-state index >= 15 is 0 Å². The van der Waals surface area contributed by atoms with Crippen LogP contribution in [0, 0.1) is 0 Å². The number of carbonyl (C=O) groups is 1. The van der Waals surface area contributed by atoms with Crippen LogP contribution in [0.15, 0.2) is 24.3 Å². The highest BCUT2D eigenvalue weighted by atomic mass is 35.5. The highest BCUT2D eigenvalue weighted by Gasteiger charge is 2.45. The summed E-state index contributed by atoms with van der Waals surface area (Å²) in [6.45, 7) is 0. The molecule has 0 saturated carbocycles. The van der Waals surface area contributed by atoms with Crippen LogP contribution in [0.5, 0.6) is 5.75 Å². The molecule has 0 heterocycles. The van der Waals surface area contributed by atoms with Crippen molar-refractivity contribution in [3.63, 3.8) is 0 Å².